The number of hydrogen-bond acceptors (Lipinski definition) is 3. The molecular weight excluding hydrogens is 476 g/mol. The number of halogens is 6. The molecule has 11 heteroatoms. The lowest BCUT2D eigenvalue weighted by Gasteiger charge is -2.28. The smallest absolute Gasteiger partial charge is 0.390 e. The number of aromatic nitrogens is 2. The third-order valence-electron chi connectivity index (χ3n) is 6.63. The number of nitrogens with zero attached hydrogens (tertiary/aromatic N) is 3. The Hall–Kier alpha value is -3.34. The van der Waals surface area contributed by atoms with Crippen molar-refractivity contribution in [3.8, 4) is 11.3 Å². The summed E-state index contributed by atoms with van der Waals surface area (Å²) >= 11 is 0. The van der Waals surface area contributed by atoms with Crippen LogP contribution in [-0.4, -0.2) is 38.3 Å². The van der Waals surface area contributed by atoms with Gasteiger partial charge in [-0.15, -0.1) is 0 Å². The highest BCUT2D eigenvalue weighted by molar-refractivity contribution is 5.75. The van der Waals surface area contributed by atoms with Crippen LogP contribution in [0.5, 0.6) is 0 Å². The summed E-state index contributed by atoms with van der Waals surface area (Å²) in [4.78, 5) is 13.5. The van der Waals surface area contributed by atoms with Crippen molar-refractivity contribution in [1.29, 1.82) is 0 Å². The van der Waals surface area contributed by atoms with Crippen LogP contribution in [-0.2, 0) is 30.4 Å². The molecule has 2 aliphatic rings. The maximum atomic E-state index is 14.4. The Morgan fingerprint density at radius 3 is 2.51 bits per heavy atom. The highest BCUT2D eigenvalue weighted by Crippen LogP contribution is 2.41. The highest BCUT2D eigenvalue weighted by atomic mass is 19.4. The number of carbonyl (C=O) groups is 1. The average Bonchev–Trinajstić information content (AvgIpc) is 3.30. The van der Waals surface area contributed by atoms with Gasteiger partial charge >= 0.3 is 6.18 Å². The lowest BCUT2D eigenvalue weighted by atomic mass is 9.98. The first-order valence-corrected chi connectivity index (χ1v) is 10.8. The summed E-state index contributed by atoms with van der Waals surface area (Å²) < 4.78 is 83.9. The fourth-order valence-electron chi connectivity index (χ4n) is 4.99. The summed E-state index contributed by atoms with van der Waals surface area (Å²) in [5.41, 5.74) is -0.132. The monoisotopic (exact) mass is 495 g/mol. The van der Waals surface area contributed by atoms with Crippen molar-refractivity contribution < 1.29 is 36.2 Å². The van der Waals surface area contributed by atoms with Crippen LogP contribution in [0.2, 0.25) is 0 Å². The van der Waals surface area contributed by atoms with Crippen molar-refractivity contribution in [2.24, 2.45) is 0 Å². The van der Waals surface area contributed by atoms with Crippen molar-refractivity contribution in [3.05, 3.63) is 75.7 Å². The molecule has 1 aliphatic carbocycles. The highest BCUT2D eigenvalue weighted by Gasteiger charge is 2.40. The zero-order chi connectivity index (χ0) is 25.2. The van der Waals surface area contributed by atoms with Gasteiger partial charge in [0.15, 0.2) is 0 Å². The van der Waals surface area contributed by atoms with E-state index in [0.717, 1.165) is 18.2 Å². The Morgan fingerprint density at radius 1 is 1.09 bits per heavy atom. The van der Waals surface area contributed by atoms with E-state index in [1.807, 2.05) is 0 Å². The van der Waals surface area contributed by atoms with E-state index in [2.05, 4.69) is 5.10 Å². The van der Waals surface area contributed by atoms with Gasteiger partial charge in [-0.1, -0.05) is 0 Å². The Bertz CT molecular complexity index is 1350. The summed E-state index contributed by atoms with van der Waals surface area (Å²) in [6, 6.07) is 3.34. The Morgan fingerprint density at radius 2 is 1.83 bits per heavy atom. The third kappa shape index (κ3) is 3.87. The van der Waals surface area contributed by atoms with Crippen LogP contribution >= 0.6 is 0 Å². The lowest BCUT2D eigenvalue weighted by Crippen LogP contribution is -2.35. The predicted octanol–water partition coefficient (Wildman–Crippen LogP) is 4.40. The minimum Gasteiger partial charge on any atom is -0.390 e. The fourth-order valence-corrected chi connectivity index (χ4v) is 4.99. The van der Waals surface area contributed by atoms with E-state index < -0.39 is 41.3 Å². The minimum absolute atomic E-state index is 0.0303. The van der Waals surface area contributed by atoms with Gasteiger partial charge in [-0.25, -0.2) is 13.2 Å². The van der Waals surface area contributed by atoms with E-state index >= 15 is 0 Å². The van der Waals surface area contributed by atoms with Crippen molar-refractivity contribution in [2.75, 3.05) is 6.54 Å². The quantitative estimate of drug-likeness (QED) is 0.537. The average molecular weight is 495 g/mol. The molecule has 2 aromatic carbocycles. The van der Waals surface area contributed by atoms with Gasteiger partial charge in [-0.2, -0.15) is 18.3 Å². The molecule has 0 unspecified atom stereocenters. The van der Waals surface area contributed by atoms with Gasteiger partial charge in [-0.05, 0) is 35.4 Å². The van der Waals surface area contributed by atoms with E-state index in [4.69, 9.17) is 0 Å². The molecule has 1 N–H and O–H groups in total. The van der Waals surface area contributed by atoms with Crippen molar-refractivity contribution in [2.45, 2.75) is 44.6 Å². The topological polar surface area (TPSA) is 58.4 Å². The molecule has 184 valence electrons. The van der Waals surface area contributed by atoms with Crippen LogP contribution in [0.15, 0.2) is 30.3 Å². The molecular formula is C24H19F6N3O2. The summed E-state index contributed by atoms with van der Waals surface area (Å²) in [5, 5.41) is 15.3. The molecule has 1 amide bonds. The van der Waals surface area contributed by atoms with Crippen LogP contribution in [0.25, 0.3) is 11.3 Å². The molecule has 35 heavy (non-hydrogen) atoms. The lowest BCUT2D eigenvalue weighted by molar-refractivity contribution is -0.140. The van der Waals surface area contributed by atoms with E-state index in [0.29, 0.717) is 23.4 Å². The number of aliphatic hydroxyl groups excluding tert-OH is 1. The molecule has 2 atom stereocenters. The molecule has 3 aromatic rings. The van der Waals surface area contributed by atoms with Gasteiger partial charge in [0, 0.05) is 55.7 Å². The number of aliphatic hydroxyl groups is 1. The molecule has 1 aromatic heterocycles. The number of alkyl halides is 3. The van der Waals surface area contributed by atoms with Crippen LogP contribution < -0.4 is 0 Å². The van der Waals surface area contributed by atoms with Crippen LogP contribution in [0.1, 0.15) is 40.9 Å². The van der Waals surface area contributed by atoms with Crippen LogP contribution in [0, 0.1) is 17.5 Å². The first kappa shape index (κ1) is 23.4. The second kappa shape index (κ2) is 8.11. The first-order valence-electron chi connectivity index (χ1n) is 10.8. The molecule has 0 radical (unpaired) electrons. The summed E-state index contributed by atoms with van der Waals surface area (Å²) in [5.74, 6) is -3.33. The first-order chi connectivity index (χ1) is 16.5. The molecule has 0 spiro atoms. The maximum absolute atomic E-state index is 14.4. The second-order valence-electron chi connectivity index (χ2n) is 8.77. The van der Waals surface area contributed by atoms with Gasteiger partial charge in [0.05, 0.1) is 17.4 Å². The van der Waals surface area contributed by atoms with E-state index in [1.165, 1.54) is 16.5 Å². The predicted molar refractivity (Wildman–Crippen MR) is 112 cm³/mol. The number of hydrogen-bond donors (Lipinski definition) is 1. The van der Waals surface area contributed by atoms with E-state index in [9.17, 15) is 36.2 Å². The molecule has 0 saturated heterocycles. The Kier molecular flexibility index (Phi) is 5.42. The molecule has 1 aliphatic heterocycles. The Balaban J connectivity index is 1.71. The number of amides is 1. The van der Waals surface area contributed by atoms with Gasteiger partial charge in [0.1, 0.15) is 23.5 Å². The van der Waals surface area contributed by atoms with Crippen molar-refractivity contribution >= 4 is 5.91 Å². The van der Waals surface area contributed by atoms with Gasteiger partial charge in [0.2, 0.25) is 5.91 Å². The van der Waals surface area contributed by atoms with Gasteiger partial charge in [0.25, 0.3) is 0 Å². The fraction of sp³-hybridized carbons (Fsp3) is 0.333. The largest absolute Gasteiger partial charge is 0.419 e. The van der Waals surface area contributed by atoms with Crippen LogP contribution in [0.4, 0.5) is 26.3 Å². The van der Waals surface area contributed by atoms with Crippen LogP contribution in [0.3, 0.4) is 0 Å². The molecule has 0 saturated carbocycles. The normalized spacial score (nSPS) is 19.6. The molecule has 5 nitrogen and oxygen atoms in total. The zero-order valence-corrected chi connectivity index (χ0v) is 18.3. The van der Waals surface area contributed by atoms with E-state index in [-0.39, 0.29) is 54.2 Å². The van der Waals surface area contributed by atoms with Crippen molar-refractivity contribution in [3.63, 3.8) is 0 Å². The van der Waals surface area contributed by atoms with Crippen molar-refractivity contribution in [1.82, 2.24) is 14.7 Å². The minimum atomic E-state index is -4.94. The number of carbonyl (C=O) groups excluding carboxylic acids is 1. The summed E-state index contributed by atoms with van der Waals surface area (Å²) in [7, 11) is 0. The number of fused-ring (bicyclic) bond motifs is 2. The van der Waals surface area contributed by atoms with E-state index in [1.54, 1.807) is 0 Å². The number of benzene rings is 2. The zero-order valence-electron chi connectivity index (χ0n) is 18.3. The Labute approximate surface area is 195 Å². The molecule has 0 bridgehead atoms. The summed E-state index contributed by atoms with van der Waals surface area (Å²) in [6.45, 7) is 1.68. The SMILES string of the molecule is CC(=O)N1CCc2c(c(-c3ccc(F)c(C(F)(F)F)c3)nn2[C@@H]2c3cc(F)cc(F)c3C[C@H]2O)C1. The molecule has 2 heterocycles. The molecule has 5 rings (SSSR count). The van der Waals surface area contributed by atoms with Gasteiger partial charge in [-0.3, -0.25) is 9.48 Å². The number of rotatable bonds is 2. The second-order valence-corrected chi connectivity index (χ2v) is 8.77. The third-order valence-corrected chi connectivity index (χ3v) is 6.63. The molecule has 0 fully saturated rings. The standard InChI is InChI=1S/C24H19F6N3O2/c1-11(34)32-5-4-20-16(10-32)22(12-2-3-18(26)17(6-12)24(28,29)30)31-33(20)23-15-7-13(25)8-19(27)14(15)9-21(23)35/h2-3,6-8,21,23,35H,4-5,9-10H2,1H3/t21-,23-/m1/s1. The summed E-state index contributed by atoms with van der Waals surface area (Å²) in [6.07, 6.45) is -5.94. The van der Waals surface area contributed by atoms with Gasteiger partial charge < -0.3 is 10.0 Å². The maximum Gasteiger partial charge on any atom is 0.419 e.